The first kappa shape index (κ1) is 13.8. The second-order valence-corrected chi connectivity index (χ2v) is 5.89. The molecule has 3 nitrogen and oxygen atoms in total. The molecule has 0 saturated carbocycles. The van der Waals surface area contributed by atoms with Crippen LogP contribution >= 0.6 is 0 Å². The largest absolute Gasteiger partial charge is 0.274 e. The highest BCUT2D eigenvalue weighted by Crippen LogP contribution is 2.38. The van der Waals surface area contributed by atoms with Gasteiger partial charge in [0.2, 0.25) is 11.8 Å². The van der Waals surface area contributed by atoms with Gasteiger partial charge in [-0.2, -0.15) is 0 Å². The van der Waals surface area contributed by atoms with Gasteiger partial charge in [0, 0.05) is 0 Å². The second kappa shape index (κ2) is 5.16. The van der Waals surface area contributed by atoms with Crippen LogP contribution in [0.25, 0.3) is 0 Å². The molecular formula is C16H21NO2. The SMILES string of the molecule is CC(C)C1C(=O)N(c2ccccc2)C(=O)C1C(C)C. The van der Waals surface area contributed by atoms with Gasteiger partial charge in [-0.15, -0.1) is 0 Å². The molecule has 2 atom stereocenters. The Labute approximate surface area is 114 Å². The zero-order valence-electron chi connectivity index (χ0n) is 12.0. The van der Waals surface area contributed by atoms with Crippen molar-refractivity contribution >= 4 is 17.5 Å². The van der Waals surface area contributed by atoms with Crippen LogP contribution in [0.15, 0.2) is 30.3 Å². The maximum atomic E-state index is 12.6. The lowest BCUT2D eigenvalue weighted by molar-refractivity contribution is -0.122. The van der Waals surface area contributed by atoms with Gasteiger partial charge in [0.1, 0.15) is 0 Å². The fourth-order valence-electron chi connectivity index (χ4n) is 2.95. The number of rotatable bonds is 3. The van der Waals surface area contributed by atoms with E-state index >= 15 is 0 Å². The van der Waals surface area contributed by atoms with Crippen LogP contribution in [-0.4, -0.2) is 11.8 Å². The molecule has 0 radical (unpaired) electrons. The monoisotopic (exact) mass is 259 g/mol. The Bertz CT molecular complexity index is 453. The van der Waals surface area contributed by atoms with E-state index in [1.54, 1.807) is 0 Å². The summed E-state index contributed by atoms with van der Waals surface area (Å²) in [7, 11) is 0. The van der Waals surface area contributed by atoms with Crippen molar-refractivity contribution in [2.45, 2.75) is 27.7 Å². The summed E-state index contributed by atoms with van der Waals surface area (Å²) in [5, 5.41) is 0. The quantitative estimate of drug-likeness (QED) is 0.782. The van der Waals surface area contributed by atoms with Gasteiger partial charge >= 0.3 is 0 Å². The number of carbonyl (C=O) groups is 2. The number of anilines is 1. The number of para-hydroxylation sites is 1. The number of nitrogens with zero attached hydrogens (tertiary/aromatic N) is 1. The van der Waals surface area contributed by atoms with Gasteiger partial charge in [-0.1, -0.05) is 45.9 Å². The first-order chi connectivity index (χ1) is 8.95. The predicted octanol–water partition coefficient (Wildman–Crippen LogP) is 3.10. The highest BCUT2D eigenvalue weighted by molar-refractivity contribution is 6.22. The number of benzene rings is 1. The molecule has 1 saturated heterocycles. The molecule has 0 aliphatic carbocycles. The predicted molar refractivity (Wildman–Crippen MR) is 75.6 cm³/mol. The molecule has 0 bridgehead atoms. The van der Waals surface area contributed by atoms with E-state index in [9.17, 15) is 9.59 Å². The number of imide groups is 1. The van der Waals surface area contributed by atoms with Crippen LogP contribution in [0, 0.1) is 23.7 Å². The number of hydrogen-bond donors (Lipinski definition) is 0. The first-order valence-corrected chi connectivity index (χ1v) is 6.88. The fraction of sp³-hybridized carbons (Fsp3) is 0.500. The van der Waals surface area contributed by atoms with E-state index in [0.717, 1.165) is 0 Å². The van der Waals surface area contributed by atoms with Crippen LogP contribution < -0.4 is 4.90 Å². The van der Waals surface area contributed by atoms with E-state index in [0.29, 0.717) is 5.69 Å². The molecular weight excluding hydrogens is 238 g/mol. The molecule has 2 rings (SSSR count). The van der Waals surface area contributed by atoms with Gasteiger partial charge in [-0.25, -0.2) is 0 Å². The molecule has 2 amide bonds. The molecule has 3 heteroatoms. The third kappa shape index (κ3) is 2.29. The molecule has 1 aliphatic heterocycles. The van der Waals surface area contributed by atoms with Gasteiger partial charge in [0.15, 0.2) is 0 Å². The van der Waals surface area contributed by atoms with Crippen LogP contribution in [0.1, 0.15) is 27.7 Å². The second-order valence-electron chi connectivity index (χ2n) is 5.89. The Kier molecular flexibility index (Phi) is 3.74. The molecule has 1 heterocycles. The van der Waals surface area contributed by atoms with E-state index in [-0.39, 0.29) is 35.5 Å². The molecule has 0 spiro atoms. The molecule has 2 unspecified atom stereocenters. The Hall–Kier alpha value is -1.64. The standard InChI is InChI=1S/C16H21NO2/c1-10(2)13-14(11(3)4)16(19)17(15(13)18)12-8-6-5-7-9-12/h5-11,13-14H,1-4H3. The molecule has 1 aliphatic rings. The van der Waals surface area contributed by atoms with E-state index < -0.39 is 0 Å². The Morgan fingerprint density at radius 2 is 1.26 bits per heavy atom. The highest BCUT2D eigenvalue weighted by atomic mass is 16.2. The number of amides is 2. The van der Waals surface area contributed by atoms with Gasteiger partial charge in [-0.3, -0.25) is 14.5 Å². The Morgan fingerprint density at radius 1 is 0.842 bits per heavy atom. The molecule has 102 valence electrons. The summed E-state index contributed by atoms with van der Waals surface area (Å²) in [6, 6.07) is 9.21. The minimum absolute atomic E-state index is 0.0510. The van der Waals surface area contributed by atoms with Crippen molar-refractivity contribution in [3.8, 4) is 0 Å². The lowest BCUT2D eigenvalue weighted by atomic mass is 9.79. The summed E-state index contributed by atoms with van der Waals surface area (Å²) in [6.45, 7) is 8.05. The summed E-state index contributed by atoms with van der Waals surface area (Å²) < 4.78 is 0. The summed E-state index contributed by atoms with van der Waals surface area (Å²) in [5.41, 5.74) is 0.686. The lowest BCUT2D eigenvalue weighted by Gasteiger charge is -2.21. The summed E-state index contributed by atoms with van der Waals surface area (Å²) in [4.78, 5) is 26.5. The smallest absolute Gasteiger partial charge is 0.237 e. The molecule has 1 fully saturated rings. The fourth-order valence-corrected chi connectivity index (χ4v) is 2.95. The zero-order valence-corrected chi connectivity index (χ0v) is 12.0. The molecule has 0 aromatic heterocycles. The van der Waals surface area contributed by atoms with Crippen LogP contribution in [0.4, 0.5) is 5.69 Å². The number of carbonyl (C=O) groups excluding carboxylic acids is 2. The molecule has 1 aromatic carbocycles. The van der Waals surface area contributed by atoms with Crippen molar-refractivity contribution in [1.82, 2.24) is 0 Å². The molecule has 19 heavy (non-hydrogen) atoms. The highest BCUT2D eigenvalue weighted by Gasteiger charge is 2.50. The maximum absolute atomic E-state index is 12.6. The van der Waals surface area contributed by atoms with Crippen molar-refractivity contribution in [3.05, 3.63) is 30.3 Å². The summed E-state index contributed by atoms with van der Waals surface area (Å²) in [6.07, 6.45) is 0. The third-order valence-corrected chi connectivity index (χ3v) is 3.85. The van der Waals surface area contributed by atoms with Crippen LogP contribution in [0.3, 0.4) is 0 Å². The average molecular weight is 259 g/mol. The zero-order chi connectivity index (χ0) is 14.2. The van der Waals surface area contributed by atoms with Gasteiger partial charge in [0.05, 0.1) is 17.5 Å². The molecule has 0 N–H and O–H groups in total. The van der Waals surface area contributed by atoms with Crippen LogP contribution in [0.5, 0.6) is 0 Å². The van der Waals surface area contributed by atoms with E-state index in [4.69, 9.17) is 0 Å². The van der Waals surface area contributed by atoms with Gasteiger partial charge in [-0.05, 0) is 24.0 Å². The number of hydrogen-bond acceptors (Lipinski definition) is 2. The first-order valence-electron chi connectivity index (χ1n) is 6.88. The van der Waals surface area contributed by atoms with Crippen molar-refractivity contribution in [2.75, 3.05) is 4.90 Å². The molecule has 1 aromatic rings. The minimum Gasteiger partial charge on any atom is -0.274 e. The average Bonchev–Trinajstić information content (AvgIpc) is 2.62. The van der Waals surface area contributed by atoms with Crippen LogP contribution in [0.2, 0.25) is 0 Å². The lowest BCUT2D eigenvalue weighted by Crippen LogP contribution is -2.31. The van der Waals surface area contributed by atoms with Crippen molar-refractivity contribution < 1.29 is 9.59 Å². The Balaban J connectivity index is 2.43. The topological polar surface area (TPSA) is 37.4 Å². The van der Waals surface area contributed by atoms with Crippen molar-refractivity contribution in [2.24, 2.45) is 23.7 Å². The third-order valence-electron chi connectivity index (χ3n) is 3.85. The van der Waals surface area contributed by atoms with Crippen molar-refractivity contribution in [1.29, 1.82) is 0 Å². The normalized spacial score (nSPS) is 23.8. The van der Waals surface area contributed by atoms with Crippen molar-refractivity contribution in [3.63, 3.8) is 0 Å². The minimum atomic E-state index is -0.201. The van der Waals surface area contributed by atoms with Gasteiger partial charge < -0.3 is 0 Å². The Morgan fingerprint density at radius 3 is 1.63 bits per heavy atom. The van der Waals surface area contributed by atoms with E-state index in [1.165, 1.54) is 4.90 Å². The van der Waals surface area contributed by atoms with E-state index in [1.807, 2.05) is 58.0 Å². The summed E-state index contributed by atoms with van der Waals surface area (Å²) >= 11 is 0. The van der Waals surface area contributed by atoms with Crippen LogP contribution in [-0.2, 0) is 9.59 Å². The maximum Gasteiger partial charge on any atom is 0.237 e. The summed E-state index contributed by atoms with van der Waals surface area (Å²) in [5.74, 6) is -0.148. The van der Waals surface area contributed by atoms with E-state index in [2.05, 4.69) is 0 Å². The van der Waals surface area contributed by atoms with Gasteiger partial charge in [0.25, 0.3) is 0 Å².